The van der Waals surface area contributed by atoms with Gasteiger partial charge in [0.2, 0.25) is 0 Å². The van der Waals surface area contributed by atoms with Crippen molar-refractivity contribution >= 4 is 11.9 Å². The predicted octanol–water partition coefficient (Wildman–Crippen LogP) is 4.85. The van der Waals surface area contributed by atoms with Gasteiger partial charge in [-0.25, -0.2) is 19.3 Å². The number of hydrogen-bond acceptors (Lipinski definition) is 5. The van der Waals surface area contributed by atoms with Crippen LogP contribution in [0.2, 0.25) is 0 Å². The van der Waals surface area contributed by atoms with Gasteiger partial charge in [-0.2, -0.15) is 10.2 Å². The van der Waals surface area contributed by atoms with E-state index in [-0.39, 0.29) is 5.41 Å². The highest BCUT2D eigenvalue weighted by Gasteiger charge is 2.38. The lowest BCUT2D eigenvalue weighted by Gasteiger charge is -2.26. The molecule has 0 aromatic carbocycles. The first-order chi connectivity index (χ1) is 15.6. The van der Waals surface area contributed by atoms with Crippen LogP contribution in [0.4, 0.5) is 0 Å². The average Bonchev–Trinajstić information content (AvgIpc) is 3.35. The molecule has 3 aromatic rings. The fraction of sp³-hybridized carbons (Fsp3) is 0.308. The molecule has 168 valence electrons. The van der Waals surface area contributed by atoms with E-state index in [0.717, 1.165) is 51.5 Å². The molecule has 0 radical (unpaired) electrons. The summed E-state index contributed by atoms with van der Waals surface area (Å²) in [5.41, 5.74) is 7.05. The highest BCUT2D eigenvalue weighted by atomic mass is 15.4. The van der Waals surface area contributed by atoms with E-state index < -0.39 is 0 Å². The number of likely N-dealkylation sites (N-methyl/N-ethyl adjacent to an activating group) is 1. The summed E-state index contributed by atoms with van der Waals surface area (Å²) >= 11 is 0. The number of hydrogen-bond donors (Lipinski definition) is 0. The maximum Gasteiger partial charge on any atom is 0.156 e. The molecular formula is C26H29N7. The zero-order valence-electron chi connectivity index (χ0n) is 20.2. The standard InChI is InChI=1S/C26H29N7/c1-16-11-18(3)32(29-16)23-14-20(15-24(28-23)33-19(4)12-17(2)30-33)13-22-26(5,6)21-9-8-10-31(7)25(21)27-22/h8-15H,1-7H3/b22-13-. The molecule has 0 N–H and O–H groups in total. The van der Waals surface area contributed by atoms with Gasteiger partial charge in [-0.15, -0.1) is 0 Å². The van der Waals surface area contributed by atoms with Gasteiger partial charge in [0.1, 0.15) is 5.84 Å². The molecule has 0 aliphatic carbocycles. The van der Waals surface area contributed by atoms with Gasteiger partial charge in [-0.3, -0.25) is 0 Å². The molecule has 3 aromatic heterocycles. The van der Waals surface area contributed by atoms with E-state index in [0.29, 0.717) is 0 Å². The Kier molecular flexibility index (Phi) is 4.74. The molecule has 7 heteroatoms. The maximum atomic E-state index is 5.01. The third-order valence-electron chi connectivity index (χ3n) is 6.26. The Balaban J connectivity index is 1.69. The Morgan fingerprint density at radius 2 is 1.42 bits per heavy atom. The van der Waals surface area contributed by atoms with Gasteiger partial charge in [-0.05, 0) is 69.7 Å². The van der Waals surface area contributed by atoms with Gasteiger partial charge in [0.15, 0.2) is 11.6 Å². The average molecular weight is 440 g/mol. The van der Waals surface area contributed by atoms with Crippen LogP contribution in [0.25, 0.3) is 17.7 Å². The molecule has 0 saturated heterocycles. The SMILES string of the molecule is Cc1cc(C)n(-c2cc(/C=C3\N=C4C(=CC=CN4C)C3(C)C)cc(-n3nc(C)cc3C)n2)n1. The minimum atomic E-state index is -0.200. The van der Waals surface area contributed by atoms with E-state index in [1.54, 1.807) is 0 Å². The molecule has 2 aliphatic heterocycles. The molecule has 7 nitrogen and oxygen atoms in total. The molecule has 0 saturated carbocycles. The minimum absolute atomic E-state index is 0.200. The first-order valence-corrected chi connectivity index (χ1v) is 11.2. The summed E-state index contributed by atoms with van der Waals surface area (Å²) in [7, 11) is 2.04. The number of nitrogens with zero attached hydrogens (tertiary/aromatic N) is 7. The summed E-state index contributed by atoms with van der Waals surface area (Å²) in [6, 6.07) is 8.25. The first-order valence-electron chi connectivity index (χ1n) is 11.2. The van der Waals surface area contributed by atoms with Crippen molar-refractivity contribution < 1.29 is 0 Å². The lowest BCUT2D eigenvalue weighted by atomic mass is 9.81. The van der Waals surface area contributed by atoms with E-state index in [2.05, 4.69) is 71.4 Å². The molecule has 2 aliphatic rings. The molecule has 0 unspecified atom stereocenters. The molecule has 33 heavy (non-hydrogen) atoms. The summed E-state index contributed by atoms with van der Waals surface area (Å²) in [6.45, 7) is 12.5. The lowest BCUT2D eigenvalue weighted by molar-refractivity contribution is 0.566. The summed E-state index contributed by atoms with van der Waals surface area (Å²) in [6.07, 6.45) is 8.43. The molecular weight excluding hydrogens is 410 g/mol. The van der Waals surface area contributed by atoms with Crippen molar-refractivity contribution in [3.8, 4) is 11.6 Å². The molecule has 0 amide bonds. The third kappa shape index (κ3) is 3.53. The fourth-order valence-electron chi connectivity index (χ4n) is 4.54. The highest BCUT2D eigenvalue weighted by Crippen LogP contribution is 2.44. The molecule has 5 rings (SSSR count). The van der Waals surface area contributed by atoms with Crippen molar-refractivity contribution in [2.24, 2.45) is 10.4 Å². The number of fused-ring (bicyclic) bond motifs is 1. The summed E-state index contributed by atoms with van der Waals surface area (Å²) in [5.74, 6) is 2.52. The van der Waals surface area contributed by atoms with Crippen LogP contribution in [-0.2, 0) is 0 Å². The molecule has 0 spiro atoms. The van der Waals surface area contributed by atoms with Crippen molar-refractivity contribution in [2.75, 3.05) is 7.05 Å². The van der Waals surface area contributed by atoms with Crippen molar-refractivity contribution in [1.29, 1.82) is 0 Å². The van der Waals surface area contributed by atoms with Gasteiger partial charge in [0.05, 0.1) is 17.1 Å². The van der Waals surface area contributed by atoms with Gasteiger partial charge in [0.25, 0.3) is 0 Å². The molecule has 5 heterocycles. The molecule has 0 fully saturated rings. The predicted molar refractivity (Wildman–Crippen MR) is 132 cm³/mol. The Hall–Kier alpha value is -3.74. The van der Waals surface area contributed by atoms with Crippen LogP contribution in [0.15, 0.2) is 58.9 Å². The van der Waals surface area contributed by atoms with E-state index in [4.69, 9.17) is 9.98 Å². The smallest absolute Gasteiger partial charge is 0.156 e. The van der Waals surface area contributed by atoms with Crippen molar-refractivity contribution in [1.82, 2.24) is 29.4 Å². The van der Waals surface area contributed by atoms with E-state index in [9.17, 15) is 0 Å². The van der Waals surface area contributed by atoms with Crippen molar-refractivity contribution in [2.45, 2.75) is 41.5 Å². The number of pyridine rings is 1. The minimum Gasteiger partial charge on any atom is -0.336 e. The topological polar surface area (TPSA) is 64.1 Å². The van der Waals surface area contributed by atoms with Crippen LogP contribution in [0.3, 0.4) is 0 Å². The molecule has 0 bridgehead atoms. The Bertz CT molecular complexity index is 1330. The number of aromatic nitrogens is 5. The lowest BCUT2D eigenvalue weighted by Crippen LogP contribution is -2.27. The quantitative estimate of drug-likeness (QED) is 0.585. The van der Waals surface area contributed by atoms with Gasteiger partial charge in [0, 0.05) is 35.6 Å². The summed E-state index contributed by atoms with van der Waals surface area (Å²) in [4.78, 5) is 12.0. The summed E-state index contributed by atoms with van der Waals surface area (Å²) < 4.78 is 3.77. The normalized spacial score (nSPS) is 18.0. The van der Waals surface area contributed by atoms with Crippen LogP contribution in [0.5, 0.6) is 0 Å². The van der Waals surface area contributed by atoms with Crippen LogP contribution >= 0.6 is 0 Å². The first kappa shape index (κ1) is 21.1. The number of aryl methyl sites for hydroxylation is 4. The van der Waals surface area contributed by atoms with Crippen molar-refractivity contribution in [3.63, 3.8) is 0 Å². The van der Waals surface area contributed by atoms with E-state index >= 15 is 0 Å². The maximum absolute atomic E-state index is 5.01. The van der Waals surface area contributed by atoms with E-state index in [1.807, 2.05) is 50.3 Å². The van der Waals surface area contributed by atoms with Gasteiger partial charge >= 0.3 is 0 Å². The zero-order chi connectivity index (χ0) is 23.5. The largest absolute Gasteiger partial charge is 0.336 e. The Labute approximate surface area is 194 Å². The van der Waals surface area contributed by atoms with Crippen LogP contribution in [-0.4, -0.2) is 42.3 Å². The van der Waals surface area contributed by atoms with Gasteiger partial charge < -0.3 is 4.90 Å². The van der Waals surface area contributed by atoms with E-state index in [1.165, 1.54) is 5.57 Å². The second-order valence-electron chi connectivity index (χ2n) is 9.42. The number of aliphatic imine (C=N–C) groups is 1. The number of amidine groups is 1. The van der Waals surface area contributed by atoms with Crippen LogP contribution in [0.1, 0.15) is 42.2 Å². The van der Waals surface area contributed by atoms with Gasteiger partial charge in [-0.1, -0.05) is 19.9 Å². The van der Waals surface area contributed by atoms with Crippen molar-refractivity contribution in [3.05, 3.63) is 82.2 Å². The second-order valence-corrected chi connectivity index (χ2v) is 9.42. The second kappa shape index (κ2) is 7.40. The Morgan fingerprint density at radius 1 is 0.848 bits per heavy atom. The highest BCUT2D eigenvalue weighted by molar-refractivity contribution is 6.05. The number of rotatable bonds is 3. The summed E-state index contributed by atoms with van der Waals surface area (Å²) in [5, 5.41) is 9.33. The Morgan fingerprint density at radius 3 is 1.91 bits per heavy atom. The monoisotopic (exact) mass is 439 g/mol. The third-order valence-corrected chi connectivity index (χ3v) is 6.26. The van der Waals surface area contributed by atoms with Crippen LogP contribution in [0, 0.1) is 33.1 Å². The zero-order valence-corrected chi connectivity index (χ0v) is 20.2. The number of allylic oxidation sites excluding steroid dienone is 3. The fourth-order valence-corrected chi connectivity index (χ4v) is 4.54. The van der Waals surface area contributed by atoms with Crippen LogP contribution < -0.4 is 0 Å². The molecule has 0 atom stereocenters.